The molecule has 3 unspecified atom stereocenters. The van der Waals surface area contributed by atoms with Crippen LogP contribution in [0, 0.1) is 17.2 Å². The molecule has 0 amide bonds. The van der Waals surface area contributed by atoms with Crippen LogP contribution in [-0.4, -0.2) is 19.1 Å². The van der Waals surface area contributed by atoms with Gasteiger partial charge in [0.2, 0.25) is 5.88 Å². The number of oxime groups is 1. The number of hydrogen-bond donors (Lipinski definition) is 1. The van der Waals surface area contributed by atoms with E-state index in [1.54, 1.807) is 7.11 Å². The van der Waals surface area contributed by atoms with Crippen LogP contribution in [0.5, 0.6) is 5.75 Å². The number of rotatable bonds is 3. The smallest absolute Gasteiger partial charge is 0.276 e. The van der Waals surface area contributed by atoms with Crippen LogP contribution in [0.2, 0.25) is 0 Å². The van der Waals surface area contributed by atoms with Crippen molar-refractivity contribution in [2.45, 2.75) is 12.2 Å². The van der Waals surface area contributed by atoms with Gasteiger partial charge in [0.15, 0.2) is 0 Å². The molecule has 2 aromatic carbocycles. The van der Waals surface area contributed by atoms with Gasteiger partial charge in [0.25, 0.3) is 6.29 Å². The Labute approximate surface area is 151 Å². The maximum atomic E-state index is 9.70. The molecule has 0 fully saturated rings. The topological polar surface area (TPSA) is 89.9 Å². The highest BCUT2D eigenvalue weighted by atomic mass is 16.8. The van der Waals surface area contributed by atoms with E-state index in [0.29, 0.717) is 5.57 Å². The van der Waals surface area contributed by atoms with Crippen LogP contribution in [0.15, 0.2) is 71.2 Å². The van der Waals surface area contributed by atoms with Crippen molar-refractivity contribution in [2.24, 2.45) is 16.8 Å². The molecule has 4 rings (SSSR count). The van der Waals surface area contributed by atoms with Crippen molar-refractivity contribution in [3.05, 3.63) is 77.2 Å². The second-order valence-electron chi connectivity index (χ2n) is 6.10. The zero-order chi connectivity index (χ0) is 18.1. The summed E-state index contributed by atoms with van der Waals surface area (Å²) in [6.07, 6.45) is -0.658. The third-order valence-electron chi connectivity index (χ3n) is 4.71. The van der Waals surface area contributed by atoms with Gasteiger partial charge in [-0.25, -0.2) is 0 Å². The van der Waals surface area contributed by atoms with Crippen molar-refractivity contribution in [1.29, 1.82) is 5.26 Å². The molecule has 0 aliphatic carbocycles. The fourth-order valence-electron chi connectivity index (χ4n) is 3.46. The first-order valence-corrected chi connectivity index (χ1v) is 8.22. The first-order chi connectivity index (χ1) is 12.7. The number of benzene rings is 2. The van der Waals surface area contributed by atoms with Crippen molar-refractivity contribution in [2.75, 3.05) is 7.11 Å². The molecule has 0 saturated heterocycles. The van der Waals surface area contributed by atoms with Crippen LogP contribution in [0.1, 0.15) is 17.0 Å². The van der Waals surface area contributed by atoms with E-state index in [-0.39, 0.29) is 17.7 Å². The average Bonchev–Trinajstić information content (AvgIpc) is 3.11. The van der Waals surface area contributed by atoms with E-state index in [4.69, 9.17) is 20.0 Å². The van der Waals surface area contributed by atoms with E-state index in [9.17, 15) is 5.26 Å². The summed E-state index contributed by atoms with van der Waals surface area (Å²) in [7, 11) is 1.61. The van der Waals surface area contributed by atoms with E-state index in [0.717, 1.165) is 22.6 Å². The van der Waals surface area contributed by atoms with Crippen LogP contribution in [0.4, 0.5) is 0 Å². The SMILES string of the molecule is COc1ccc(C2C(C#N)=C(N)OC3ON=C(c4ccccc4)C32)cc1. The lowest BCUT2D eigenvalue weighted by atomic mass is 9.75. The quantitative estimate of drug-likeness (QED) is 0.922. The molecule has 2 heterocycles. The highest BCUT2D eigenvalue weighted by Gasteiger charge is 2.48. The van der Waals surface area contributed by atoms with Crippen LogP contribution in [-0.2, 0) is 9.57 Å². The standard InChI is InChI=1S/C20H17N3O3/c1-24-14-9-7-12(8-10-14)16-15(11-21)19(22)25-20-17(16)18(23-26-20)13-5-3-2-4-6-13/h2-10,16-17,20H,22H2,1H3. The predicted octanol–water partition coefficient (Wildman–Crippen LogP) is 2.88. The molecule has 130 valence electrons. The molecule has 2 aromatic rings. The van der Waals surface area contributed by atoms with E-state index >= 15 is 0 Å². The fourth-order valence-corrected chi connectivity index (χ4v) is 3.46. The second kappa shape index (κ2) is 6.45. The van der Waals surface area contributed by atoms with Crippen LogP contribution < -0.4 is 10.5 Å². The zero-order valence-corrected chi connectivity index (χ0v) is 14.1. The molecular weight excluding hydrogens is 330 g/mol. The van der Waals surface area contributed by atoms with Crippen LogP contribution in [0.3, 0.4) is 0 Å². The number of nitriles is 1. The summed E-state index contributed by atoms with van der Waals surface area (Å²) < 4.78 is 10.9. The highest BCUT2D eigenvalue weighted by molar-refractivity contribution is 6.04. The number of hydrogen-bond acceptors (Lipinski definition) is 6. The number of fused-ring (bicyclic) bond motifs is 1. The van der Waals surface area contributed by atoms with Crippen molar-refractivity contribution in [3.8, 4) is 11.8 Å². The lowest BCUT2D eigenvalue weighted by molar-refractivity contribution is -0.129. The third-order valence-corrected chi connectivity index (χ3v) is 4.71. The van der Waals surface area contributed by atoms with Gasteiger partial charge in [-0.1, -0.05) is 47.6 Å². The Hall–Kier alpha value is -3.46. The molecule has 2 aliphatic heterocycles. The Morgan fingerprint density at radius 3 is 2.50 bits per heavy atom. The summed E-state index contributed by atoms with van der Waals surface area (Å²) in [6.45, 7) is 0. The van der Waals surface area contributed by atoms with Gasteiger partial charge in [-0.2, -0.15) is 5.26 Å². The van der Waals surface area contributed by atoms with Gasteiger partial charge < -0.3 is 20.0 Å². The largest absolute Gasteiger partial charge is 0.497 e. The molecule has 0 saturated carbocycles. The molecule has 0 bridgehead atoms. The van der Waals surface area contributed by atoms with Gasteiger partial charge in [0.1, 0.15) is 11.8 Å². The number of methoxy groups -OCH3 is 1. The van der Waals surface area contributed by atoms with Crippen molar-refractivity contribution < 1.29 is 14.3 Å². The first-order valence-electron chi connectivity index (χ1n) is 8.22. The maximum Gasteiger partial charge on any atom is 0.276 e. The molecule has 0 aromatic heterocycles. The number of ether oxygens (including phenoxy) is 2. The molecule has 2 aliphatic rings. The second-order valence-corrected chi connectivity index (χ2v) is 6.10. The minimum atomic E-state index is -0.658. The maximum absolute atomic E-state index is 9.70. The van der Waals surface area contributed by atoms with Crippen molar-refractivity contribution in [1.82, 2.24) is 0 Å². The molecule has 6 heteroatoms. The van der Waals surface area contributed by atoms with Gasteiger partial charge >= 0.3 is 0 Å². The summed E-state index contributed by atoms with van der Waals surface area (Å²) in [5.74, 6) is 0.241. The summed E-state index contributed by atoms with van der Waals surface area (Å²) in [5.41, 5.74) is 8.98. The average molecular weight is 347 g/mol. The molecule has 2 N–H and O–H groups in total. The number of nitrogens with two attached hydrogens (primary N) is 1. The zero-order valence-electron chi connectivity index (χ0n) is 14.1. The van der Waals surface area contributed by atoms with Gasteiger partial charge in [0, 0.05) is 5.92 Å². The Balaban J connectivity index is 1.82. The number of nitrogens with zero attached hydrogens (tertiary/aromatic N) is 2. The lowest BCUT2D eigenvalue weighted by Crippen LogP contribution is -2.38. The Morgan fingerprint density at radius 2 is 1.85 bits per heavy atom. The third kappa shape index (κ3) is 2.54. The van der Waals surface area contributed by atoms with Crippen LogP contribution >= 0.6 is 0 Å². The summed E-state index contributed by atoms with van der Waals surface area (Å²) in [6, 6.07) is 19.5. The Bertz CT molecular complexity index is 914. The summed E-state index contributed by atoms with van der Waals surface area (Å²) in [4.78, 5) is 5.50. The first kappa shape index (κ1) is 16.0. The van der Waals surface area contributed by atoms with Gasteiger partial charge in [-0.05, 0) is 23.3 Å². The predicted molar refractivity (Wildman–Crippen MR) is 95.0 cm³/mol. The molecule has 0 spiro atoms. The van der Waals surface area contributed by atoms with E-state index < -0.39 is 6.29 Å². The molecule has 6 nitrogen and oxygen atoms in total. The van der Waals surface area contributed by atoms with Gasteiger partial charge in [-0.15, -0.1) is 0 Å². The summed E-state index contributed by atoms with van der Waals surface area (Å²) >= 11 is 0. The minimum Gasteiger partial charge on any atom is -0.497 e. The molecule has 0 radical (unpaired) electrons. The summed E-state index contributed by atoms with van der Waals surface area (Å²) in [5, 5.41) is 13.9. The monoisotopic (exact) mass is 347 g/mol. The highest BCUT2D eigenvalue weighted by Crippen LogP contribution is 2.45. The molecule has 26 heavy (non-hydrogen) atoms. The van der Waals surface area contributed by atoms with Crippen molar-refractivity contribution >= 4 is 5.71 Å². The van der Waals surface area contributed by atoms with E-state index in [1.807, 2.05) is 54.6 Å². The molecular formula is C20H17N3O3. The minimum absolute atomic E-state index is 0.0825. The van der Waals surface area contributed by atoms with Gasteiger partial charge in [-0.3, -0.25) is 0 Å². The molecule has 3 atom stereocenters. The number of allylic oxidation sites excluding steroid dienone is 1. The Morgan fingerprint density at radius 1 is 1.12 bits per heavy atom. The Kier molecular flexibility index (Phi) is 3.98. The van der Waals surface area contributed by atoms with E-state index in [1.165, 1.54) is 0 Å². The van der Waals surface area contributed by atoms with Gasteiger partial charge in [0.05, 0.1) is 24.3 Å². The van der Waals surface area contributed by atoms with E-state index in [2.05, 4.69) is 11.2 Å². The van der Waals surface area contributed by atoms with Crippen LogP contribution in [0.25, 0.3) is 0 Å². The van der Waals surface area contributed by atoms with Crippen molar-refractivity contribution in [3.63, 3.8) is 0 Å². The lowest BCUT2D eigenvalue weighted by Gasteiger charge is -2.33. The normalized spacial score (nSPS) is 24.0. The fraction of sp³-hybridized carbons (Fsp3) is 0.200.